The number of hydrogen-bond acceptors (Lipinski definition) is 2. The summed E-state index contributed by atoms with van der Waals surface area (Å²) < 4.78 is 0. The fourth-order valence-electron chi connectivity index (χ4n) is 3.30. The molecule has 0 aromatic carbocycles. The van der Waals surface area contributed by atoms with Crippen LogP contribution in [0, 0.1) is 5.92 Å². The molecule has 2 atom stereocenters. The number of likely N-dealkylation sites (N-methyl/N-ethyl adjacent to an activating group) is 1. The average molecular weight is 240 g/mol. The van der Waals surface area contributed by atoms with E-state index >= 15 is 0 Å². The fraction of sp³-hybridized carbons (Fsp3) is 1.00. The third kappa shape index (κ3) is 3.45. The van der Waals surface area contributed by atoms with Crippen molar-refractivity contribution in [1.82, 2.24) is 10.2 Å². The van der Waals surface area contributed by atoms with Crippen molar-refractivity contribution in [2.24, 2.45) is 5.92 Å². The minimum atomic E-state index is 0.296. The van der Waals surface area contributed by atoms with E-state index in [0.29, 0.717) is 11.6 Å². The van der Waals surface area contributed by atoms with Gasteiger partial charge in [-0.3, -0.25) is 0 Å². The summed E-state index contributed by atoms with van der Waals surface area (Å²) in [5, 5.41) is 3.84. The molecule has 0 spiro atoms. The number of hydrogen-bond donors (Lipinski definition) is 1. The molecule has 1 saturated carbocycles. The molecule has 0 amide bonds. The Morgan fingerprint density at radius 3 is 2.24 bits per heavy atom. The van der Waals surface area contributed by atoms with E-state index in [1.54, 1.807) is 0 Å². The van der Waals surface area contributed by atoms with E-state index in [1.807, 2.05) is 0 Å². The van der Waals surface area contributed by atoms with Crippen LogP contribution in [0.5, 0.6) is 0 Å². The fourth-order valence-corrected chi connectivity index (χ4v) is 3.30. The van der Waals surface area contributed by atoms with Crippen molar-refractivity contribution in [3.05, 3.63) is 0 Å². The van der Waals surface area contributed by atoms with Gasteiger partial charge in [-0.05, 0) is 59.2 Å². The zero-order valence-corrected chi connectivity index (χ0v) is 12.6. The van der Waals surface area contributed by atoms with Crippen LogP contribution in [0.3, 0.4) is 0 Å². The minimum Gasteiger partial charge on any atom is -0.312 e. The first-order valence-corrected chi connectivity index (χ1v) is 7.47. The van der Waals surface area contributed by atoms with Crippen molar-refractivity contribution in [2.45, 2.75) is 70.9 Å². The lowest BCUT2D eigenvalue weighted by molar-refractivity contribution is 0.0815. The maximum absolute atomic E-state index is 3.84. The average Bonchev–Trinajstić information content (AvgIpc) is 2.82. The van der Waals surface area contributed by atoms with Gasteiger partial charge in [-0.1, -0.05) is 26.7 Å². The van der Waals surface area contributed by atoms with Gasteiger partial charge in [-0.15, -0.1) is 0 Å². The van der Waals surface area contributed by atoms with E-state index in [1.165, 1.54) is 38.5 Å². The Morgan fingerprint density at radius 2 is 1.82 bits per heavy atom. The highest BCUT2D eigenvalue weighted by Crippen LogP contribution is 2.35. The number of nitrogens with zero attached hydrogens (tertiary/aromatic N) is 1. The molecule has 2 heteroatoms. The molecule has 0 aliphatic heterocycles. The highest BCUT2D eigenvalue weighted by Gasteiger charge is 2.39. The first-order valence-electron chi connectivity index (χ1n) is 7.47. The largest absolute Gasteiger partial charge is 0.312 e. The Labute approximate surface area is 108 Å². The summed E-state index contributed by atoms with van der Waals surface area (Å²) >= 11 is 0. The van der Waals surface area contributed by atoms with Crippen LogP contribution >= 0.6 is 0 Å². The quantitative estimate of drug-likeness (QED) is 0.735. The summed E-state index contributed by atoms with van der Waals surface area (Å²) in [6, 6.07) is 0.657. The lowest BCUT2D eigenvalue weighted by Crippen LogP contribution is -2.59. The summed E-state index contributed by atoms with van der Waals surface area (Å²) in [6.07, 6.45) is 8.16. The SMILES string of the molecule is CCCNC(C1CCCC1)C(C)(CC)N(C)C. The van der Waals surface area contributed by atoms with Crippen LogP contribution in [-0.4, -0.2) is 37.1 Å². The van der Waals surface area contributed by atoms with Crippen LogP contribution in [0.15, 0.2) is 0 Å². The van der Waals surface area contributed by atoms with E-state index in [2.05, 4.69) is 45.1 Å². The Balaban J connectivity index is 2.78. The highest BCUT2D eigenvalue weighted by molar-refractivity contribution is 4.99. The summed E-state index contributed by atoms with van der Waals surface area (Å²) in [5.74, 6) is 0.883. The summed E-state index contributed by atoms with van der Waals surface area (Å²) in [6.45, 7) is 8.18. The van der Waals surface area contributed by atoms with Crippen molar-refractivity contribution in [3.63, 3.8) is 0 Å². The second-order valence-electron chi connectivity index (χ2n) is 6.08. The van der Waals surface area contributed by atoms with E-state index in [4.69, 9.17) is 0 Å². The molecular formula is C15H32N2. The van der Waals surface area contributed by atoms with E-state index < -0.39 is 0 Å². The topological polar surface area (TPSA) is 15.3 Å². The molecule has 1 N–H and O–H groups in total. The Hall–Kier alpha value is -0.0800. The molecule has 0 radical (unpaired) electrons. The molecule has 1 fully saturated rings. The van der Waals surface area contributed by atoms with Gasteiger partial charge in [0.05, 0.1) is 0 Å². The molecule has 1 aliphatic rings. The normalized spacial score (nSPS) is 22.9. The third-order valence-electron chi connectivity index (χ3n) is 4.89. The van der Waals surface area contributed by atoms with Gasteiger partial charge in [0.25, 0.3) is 0 Å². The third-order valence-corrected chi connectivity index (χ3v) is 4.89. The smallest absolute Gasteiger partial charge is 0.0328 e. The van der Waals surface area contributed by atoms with Crippen molar-refractivity contribution >= 4 is 0 Å². The highest BCUT2D eigenvalue weighted by atomic mass is 15.2. The van der Waals surface area contributed by atoms with Crippen LogP contribution in [-0.2, 0) is 0 Å². The van der Waals surface area contributed by atoms with Crippen LogP contribution in [0.1, 0.15) is 59.3 Å². The van der Waals surface area contributed by atoms with Crippen LogP contribution in [0.2, 0.25) is 0 Å². The van der Waals surface area contributed by atoms with Crippen molar-refractivity contribution in [3.8, 4) is 0 Å². The molecule has 1 aliphatic carbocycles. The van der Waals surface area contributed by atoms with Crippen molar-refractivity contribution in [1.29, 1.82) is 0 Å². The lowest BCUT2D eigenvalue weighted by Gasteiger charge is -2.46. The standard InChI is InChI=1S/C15H32N2/c1-6-12-16-14(13-10-8-9-11-13)15(3,7-2)17(4)5/h13-14,16H,6-12H2,1-5H3. The van der Waals surface area contributed by atoms with Gasteiger partial charge in [0.2, 0.25) is 0 Å². The van der Waals surface area contributed by atoms with Gasteiger partial charge in [0.15, 0.2) is 0 Å². The molecule has 0 aromatic rings. The Kier molecular flexibility index (Phi) is 5.94. The Morgan fingerprint density at radius 1 is 1.24 bits per heavy atom. The summed E-state index contributed by atoms with van der Waals surface area (Å²) in [7, 11) is 4.47. The molecule has 2 unspecified atom stereocenters. The number of nitrogens with one attached hydrogen (secondary N) is 1. The molecule has 0 aromatic heterocycles. The molecule has 1 rings (SSSR count). The molecule has 0 saturated heterocycles. The van der Waals surface area contributed by atoms with Crippen molar-refractivity contribution < 1.29 is 0 Å². The molecule has 102 valence electrons. The predicted molar refractivity (Wildman–Crippen MR) is 76.4 cm³/mol. The molecule has 0 heterocycles. The van der Waals surface area contributed by atoms with Gasteiger partial charge >= 0.3 is 0 Å². The molecule has 17 heavy (non-hydrogen) atoms. The molecule has 2 nitrogen and oxygen atoms in total. The van der Waals surface area contributed by atoms with E-state index in [9.17, 15) is 0 Å². The molecular weight excluding hydrogens is 208 g/mol. The van der Waals surface area contributed by atoms with Crippen LogP contribution in [0.25, 0.3) is 0 Å². The predicted octanol–water partition coefficient (Wildman–Crippen LogP) is 3.28. The zero-order chi connectivity index (χ0) is 12.9. The van der Waals surface area contributed by atoms with Crippen LogP contribution in [0.4, 0.5) is 0 Å². The first kappa shape index (κ1) is 15.0. The maximum atomic E-state index is 3.84. The van der Waals surface area contributed by atoms with Gasteiger partial charge in [0, 0.05) is 11.6 Å². The first-order chi connectivity index (χ1) is 8.06. The monoisotopic (exact) mass is 240 g/mol. The summed E-state index contributed by atoms with van der Waals surface area (Å²) in [4.78, 5) is 2.43. The maximum Gasteiger partial charge on any atom is 0.0328 e. The lowest BCUT2D eigenvalue weighted by atomic mass is 9.79. The Bertz CT molecular complexity index is 209. The van der Waals surface area contributed by atoms with E-state index in [-0.39, 0.29) is 0 Å². The van der Waals surface area contributed by atoms with Crippen LogP contribution < -0.4 is 5.32 Å². The van der Waals surface area contributed by atoms with Gasteiger partial charge in [0.1, 0.15) is 0 Å². The second kappa shape index (κ2) is 6.75. The minimum absolute atomic E-state index is 0.296. The molecule has 0 bridgehead atoms. The summed E-state index contributed by atoms with van der Waals surface area (Å²) in [5.41, 5.74) is 0.296. The number of rotatable bonds is 7. The van der Waals surface area contributed by atoms with Gasteiger partial charge in [-0.2, -0.15) is 0 Å². The van der Waals surface area contributed by atoms with E-state index in [0.717, 1.165) is 12.5 Å². The van der Waals surface area contributed by atoms with Gasteiger partial charge in [-0.25, -0.2) is 0 Å². The second-order valence-corrected chi connectivity index (χ2v) is 6.08. The van der Waals surface area contributed by atoms with Crippen molar-refractivity contribution in [2.75, 3.05) is 20.6 Å². The van der Waals surface area contributed by atoms with Gasteiger partial charge < -0.3 is 10.2 Å². The zero-order valence-electron chi connectivity index (χ0n) is 12.6.